The van der Waals surface area contributed by atoms with Gasteiger partial charge in [0.05, 0.1) is 11.7 Å². The van der Waals surface area contributed by atoms with E-state index in [1.165, 1.54) is 0 Å². The van der Waals surface area contributed by atoms with E-state index in [0.717, 1.165) is 33.2 Å². The lowest BCUT2D eigenvalue weighted by atomic mass is 9.98. The van der Waals surface area contributed by atoms with Gasteiger partial charge in [0.1, 0.15) is 0 Å². The number of halogens is 1. The van der Waals surface area contributed by atoms with Gasteiger partial charge in [-0.15, -0.1) is 11.3 Å². The predicted octanol–water partition coefficient (Wildman–Crippen LogP) is 3.10. The van der Waals surface area contributed by atoms with Crippen molar-refractivity contribution >= 4 is 27.9 Å². The van der Waals surface area contributed by atoms with Crippen LogP contribution < -0.4 is 11.3 Å². The first-order valence-electron chi connectivity index (χ1n) is 6.30. The number of hydrogen-bond donors (Lipinski definition) is 2. The standard InChI is InChI=1S/C14H15ClN4S/c1-9-6-10(15)2-3-12(9)13(18-16)7-11-8-19-4-5-20-14(19)17-11/h2-6,8,13,18H,7,16H2,1H3. The number of nitrogens with one attached hydrogen (secondary N) is 1. The van der Waals surface area contributed by atoms with E-state index in [2.05, 4.69) is 10.4 Å². The summed E-state index contributed by atoms with van der Waals surface area (Å²) in [6.07, 6.45) is 4.80. The number of rotatable bonds is 4. The highest BCUT2D eigenvalue weighted by Crippen LogP contribution is 2.24. The molecular weight excluding hydrogens is 292 g/mol. The summed E-state index contributed by atoms with van der Waals surface area (Å²) in [6.45, 7) is 2.04. The summed E-state index contributed by atoms with van der Waals surface area (Å²) in [5, 5.41) is 2.76. The van der Waals surface area contributed by atoms with E-state index in [1.54, 1.807) is 11.3 Å². The first-order valence-corrected chi connectivity index (χ1v) is 7.56. The van der Waals surface area contributed by atoms with E-state index in [9.17, 15) is 0 Å². The zero-order valence-corrected chi connectivity index (χ0v) is 12.6. The van der Waals surface area contributed by atoms with Crippen molar-refractivity contribution < 1.29 is 0 Å². The molecule has 0 amide bonds. The van der Waals surface area contributed by atoms with Gasteiger partial charge in [-0.25, -0.2) is 4.98 Å². The Kier molecular flexibility index (Phi) is 3.76. The van der Waals surface area contributed by atoms with Gasteiger partial charge in [-0.1, -0.05) is 17.7 Å². The van der Waals surface area contributed by atoms with Gasteiger partial charge in [-0.05, 0) is 30.2 Å². The number of nitrogens with zero attached hydrogens (tertiary/aromatic N) is 2. The molecule has 3 aromatic rings. The molecule has 1 unspecified atom stereocenters. The van der Waals surface area contributed by atoms with E-state index >= 15 is 0 Å². The summed E-state index contributed by atoms with van der Waals surface area (Å²) in [4.78, 5) is 5.60. The van der Waals surface area contributed by atoms with Crippen molar-refractivity contribution in [3.8, 4) is 0 Å². The first-order chi connectivity index (χ1) is 9.67. The van der Waals surface area contributed by atoms with Crippen molar-refractivity contribution in [2.45, 2.75) is 19.4 Å². The average Bonchev–Trinajstić information content (AvgIpc) is 2.97. The fraction of sp³-hybridized carbons (Fsp3) is 0.214. The zero-order valence-electron chi connectivity index (χ0n) is 11.0. The van der Waals surface area contributed by atoms with Gasteiger partial charge >= 0.3 is 0 Å². The molecule has 0 bridgehead atoms. The maximum Gasteiger partial charge on any atom is 0.193 e. The van der Waals surface area contributed by atoms with Crippen molar-refractivity contribution in [2.24, 2.45) is 5.84 Å². The van der Waals surface area contributed by atoms with Crippen molar-refractivity contribution in [3.63, 3.8) is 0 Å². The molecule has 2 heterocycles. The number of nitrogens with two attached hydrogens (primary N) is 1. The minimum Gasteiger partial charge on any atom is -0.297 e. The molecule has 1 aromatic carbocycles. The number of fused-ring (bicyclic) bond motifs is 1. The number of aryl methyl sites for hydroxylation is 1. The summed E-state index contributed by atoms with van der Waals surface area (Å²) in [5.74, 6) is 5.71. The van der Waals surface area contributed by atoms with Gasteiger partial charge in [0.2, 0.25) is 0 Å². The third-order valence-corrected chi connectivity index (χ3v) is 4.37. The van der Waals surface area contributed by atoms with Crippen LogP contribution >= 0.6 is 22.9 Å². The molecule has 0 aliphatic rings. The third kappa shape index (κ3) is 2.58. The molecular formula is C14H15ClN4S. The number of imidazole rings is 1. The van der Waals surface area contributed by atoms with Crippen molar-refractivity contribution in [3.05, 3.63) is 57.8 Å². The minimum atomic E-state index is 0.0249. The van der Waals surface area contributed by atoms with Crippen molar-refractivity contribution in [1.29, 1.82) is 0 Å². The van der Waals surface area contributed by atoms with Crippen LogP contribution in [-0.4, -0.2) is 9.38 Å². The van der Waals surface area contributed by atoms with E-state index < -0.39 is 0 Å². The van der Waals surface area contributed by atoms with E-state index in [-0.39, 0.29) is 6.04 Å². The lowest BCUT2D eigenvalue weighted by Gasteiger charge is -2.17. The second kappa shape index (κ2) is 5.54. The molecule has 3 N–H and O–H groups in total. The van der Waals surface area contributed by atoms with Crippen LogP contribution in [0.3, 0.4) is 0 Å². The van der Waals surface area contributed by atoms with E-state index in [0.29, 0.717) is 0 Å². The molecule has 0 spiro atoms. The predicted molar refractivity (Wildman–Crippen MR) is 83.0 cm³/mol. The normalized spacial score (nSPS) is 12.9. The summed E-state index contributed by atoms with van der Waals surface area (Å²) in [7, 11) is 0. The van der Waals surface area contributed by atoms with Gasteiger partial charge in [0, 0.05) is 29.2 Å². The van der Waals surface area contributed by atoms with Crippen LogP contribution in [-0.2, 0) is 6.42 Å². The van der Waals surface area contributed by atoms with Crippen LogP contribution in [0.2, 0.25) is 5.02 Å². The van der Waals surface area contributed by atoms with Crippen molar-refractivity contribution in [2.75, 3.05) is 0 Å². The van der Waals surface area contributed by atoms with Crippen LogP contribution in [0.15, 0.2) is 36.0 Å². The Morgan fingerprint density at radius 3 is 3.05 bits per heavy atom. The largest absolute Gasteiger partial charge is 0.297 e. The maximum atomic E-state index is 6.00. The second-order valence-corrected chi connectivity index (χ2v) is 6.06. The van der Waals surface area contributed by atoms with E-state index in [4.69, 9.17) is 17.4 Å². The molecule has 0 aliphatic carbocycles. The van der Waals surface area contributed by atoms with Crippen LogP contribution in [0.5, 0.6) is 0 Å². The number of hydrogen-bond acceptors (Lipinski definition) is 4. The zero-order chi connectivity index (χ0) is 14.1. The average molecular weight is 307 g/mol. The molecule has 104 valence electrons. The summed E-state index contributed by atoms with van der Waals surface area (Å²) in [5.41, 5.74) is 6.17. The molecule has 20 heavy (non-hydrogen) atoms. The summed E-state index contributed by atoms with van der Waals surface area (Å²) in [6, 6.07) is 5.88. The van der Waals surface area contributed by atoms with Gasteiger partial charge in [-0.3, -0.25) is 15.7 Å². The van der Waals surface area contributed by atoms with Crippen LogP contribution in [0.25, 0.3) is 4.96 Å². The fourth-order valence-corrected chi connectivity index (χ4v) is 3.32. The minimum absolute atomic E-state index is 0.0249. The molecule has 0 saturated carbocycles. The lowest BCUT2D eigenvalue weighted by molar-refractivity contribution is 0.544. The fourth-order valence-electron chi connectivity index (χ4n) is 2.37. The number of hydrazine groups is 1. The Bertz CT molecular complexity index is 705. The van der Waals surface area contributed by atoms with Gasteiger partial charge in [0.25, 0.3) is 0 Å². The monoisotopic (exact) mass is 306 g/mol. The third-order valence-electron chi connectivity index (χ3n) is 3.36. The first kappa shape index (κ1) is 13.6. The summed E-state index contributed by atoms with van der Waals surface area (Å²) >= 11 is 7.62. The number of benzene rings is 1. The van der Waals surface area contributed by atoms with Gasteiger partial charge < -0.3 is 0 Å². The smallest absolute Gasteiger partial charge is 0.193 e. The maximum absolute atomic E-state index is 6.00. The lowest BCUT2D eigenvalue weighted by Crippen LogP contribution is -2.30. The highest BCUT2D eigenvalue weighted by molar-refractivity contribution is 7.15. The quantitative estimate of drug-likeness (QED) is 0.575. The highest BCUT2D eigenvalue weighted by atomic mass is 35.5. The molecule has 6 heteroatoms. The Morgan fingerprint density at radius 2 is 2.35 bits per heavy atom. The number of thiazole rings is 1. The second-order valence-electron chi connectivity index (χ2n) is 4.75. The van der Waals surface area contributed by atoms with Gasteiger partial charge in [-0.2, -0.15) is 0 Å². The molecule has 3 rings (SSSR count). The molecule has 4 nitrogen and oxygen atoms in total. The topological polar surface area (TPSA) is 55.3 Å². The summed E-state index contributed by atoms with van der Waals surface area (Å²) < 4.78 is 2.03. The van der Waals surface area contributed by atoms with E-state index in [1.807, 2.05) is 47.3 Å². The van der Waals surface area contributed by atoms with Crippen LogP contribution in [0.4, 0.5) is 0 Å². The number of aromatic nitrogens is 2. The van der Waals surface area contributed by atoms with Gasteiger partial charge in [0.15, 0.2) is 4.96 Å². The Hall–Kier alpha value is -1.40. The molecule has 0 fully saturated rings. The Labute approximate surface area is 126 Å². The molecule has 2 aromatic heterocycles. The Balaban J connectivity index is 1.88. The molecule has 0 radical (unpaired) electrons. The molecule has 0 aliphatic heterocycles. The van der Waals surface area contributed by atoms with Crippen molar-refractivity contribution in [1.82, 2.24) is 14.8 Å². The molecule has 1 atom stereocenters. The highest BCUT2D eigenvalue weighted by Gasteiger charge is 2.15. The van der Waals surface area contributed by atoms with Crippen LogP contribution in [0.1, 0.15) is 22.9 Å². The Morgan fingerprint density at radius 1 is 1.50 bits per heavy atom. The SMILES string of the molecule is Cc1cc(Cl)ccc1C(Cc1cn2ccsc2n1)NN. The van der Waals surface area contributed by atoms with Crippen LogP contribution in [0, 0.1) is 6.92 Å². The molecule has 0 saturated heterocycles.